The van der Waals surface area contributed by atoms with Crippen LogP contribution in [0.2, 0.25) is 0 Å². The number of carbonyl (C=O) groups is 1. The number of aliphatic hydroxyl groups is 1. The van der Waals surface area contributed by atoms with Crippen LogP contribution in [0.1, 0.15) is 36.2 Å². The first-order valence-corrected chi connectivity index (χ1v) is 9.90. The summed E-state index contributed by atoms with van der Waals surface area (Å²) in [7, 11) is 0. The van der Waals surface area contributed by atoms with E-state index in [1.54, 1.807) is 6.33 Å². The Morgan fingerprint density at radius 3 is 2.52 bits per heavy atom. The van der Waals surface area contributed by atoms with Gasteiger partial charge in [-0.2, -0.15) is 0 Å². The summed E-state index contributed by atoms with van der Waals surface area (Å²) in [6, 6.07) is 7.72. The lowest BCUT2D eigenvalue weighted by molar-refractivity contribution is 0.0711. The lowest BCUT2D eigenvalue weighted by atomic mass is 9.98. The maximum atomic E-state index is 12.9. The normalized spacial score (nSPS) is 15.1. The average Bonchev–Trinajstić information content (AvgIpc) is 3.21. The van der Waals surface area contributed by atoms with Gasteiger partial charge in [-0.3, -0.25) is 4.79 Å². The number of rotatable bonds is 5. The van der Waals surface area contributed by atoms with Crippen molar-refractivity contribution in [1.29, 1.82) is 0 Å². The van der Waals surface area contributed by atoms with Crippen LogP contribution < -0.4 is 4.90 Å². The molecule has 0 radical (unpaired) electrons. The zero-order valence-corrected chi connectivity index (χ0v) is 16.8. The quantitative estimate of drug-likeness (QED) is 0.687. The van der Waals surface area contributed by atoms with Gasteiger partial charge >= 0.3 is 0 Å². The van der Waals surface area contributed by atoms with Crippen LogP contribution in [-0.2, 0) is 6.42 Å². The number of H-pyrrole nitrogens is 1. The first-order valence-electron chi connectivity index (χ1n) is 9.90. The predicted octanol–water partition coefficient (Wildman–Crippen LogP) is 2.02. The predicted molar refractivity (Wildman–Crippen MR) is 111 cm³/mol. The fourth-order valence-electron chi connectivity index (χ4n) is 3.56. The van der Waals surface area contributed by atoms with Gasteiger partial charge in [0.15, 0.2) is 11.5 Å². The highest BCUT2D eigenvalue weighted by molar-refractivity contribution is 5.94. The fraction of sp³-hybridized carbons (Fsp3) is 0.429. The largest absolute Gasteiger partial charge is 0.390 e. The second kappa shape index (κ2) is 7.79. The first kappa shape index (κ1) is 19.3. The van der Waals surface area contributed by atoms with Crippen LogP contribution in [0.15, 0.2) is 36.9 Å². The van der Waals surface area contributed by atoms with Crippen molar-refractivity contribution < 1.29 is 9.90 Å². The smallest absolute Gasteiger partial charge is 0.253 e. The lowest BCUT2D eigenvalue weighted by Crippen LogP contribution is -2.49. The topological polar surface area (TPSA) is 98.2 Å². The molecule has 0 unspecified atom stereocenters. The Kier molecular flexibility index (Phi) is 5.19. The van der Waals surface area contributed by atoms with E-state index in [1.807, 2.05) is 43.0 Å². The number of aromatic amines is 1. The summed E-state index contributed by atoms with van der Waals surface area (Å²) in [5.41, 5.74) is 2.62. The number of hydrogen-bond donors (Lipinski definition) is 2. The van der Waals surface area contributed by atoms with E-state index in [9.17, 15) is 9.90 Å². The van der Waals surface area contributed by atoms with Crippen molar-refractivity contribution in [3.8, 4) is 0 Å². The second-order valence-corrected chi connectivity index (χ2v) is 8.09. The highest BCUT2D eigenvalue weighted by Crippen LogP contribution is 2.21. The molecule has 2 N–H and O–H groups in total. The van der Waals surface area contributed by atoms with E-state index in [1.165, 1.54) is 6.33 Å². The van der Waals surface area contributed by atoms with Gasteiger partial charge < -0.3 is 19.9 Å². The molecule has 152 valence electrons. The number of benzene rings is 1. The summed E-state index contributed by atoms with van der Waals surface area (Å²) < 4.78 is 0. The molecule has 0 aliphatic carbocycles. The molecule has 1 aliphatic heterocycles. The van der Waals surface area contributed by atoms with E-state index in [2.05, 4.69) is 24.8 Å². The highest BCUT2D eigenvalue weighted by Gasteiger charge is 2.24. The maximum Gasteiger partial charge on any atom is 0.253 e. The van der Waals surface area contributed by atoms with E-state index in [-0.39, 0.29) is 5.91 Å². The van der Waals surface area contributed by atoms with E-state index in [0.29, 0.717) is 43.8 Å². The maximum absolute atomic E-state index is 12.9. The number of carbonyl (C=O) groups excluding carboxylic acids is 1. The Morgan fingerprint density at radius 2 is 1.83 bits per heavy atom. The Bertz CT molecular complexity index is 984. The summed E-state index contributed by atoms with van der Waals surface area (Å²) in [4.78, 5) is 32.7. The van der Waals surface area contributed by atoms with Gasteiger partial charge in [0.05, 0.1) is 11.9 Å². The molecule has 3 heterocycles. The summed E-state index contributed by atoms with van der Waals surface area (Å²) in [6.45, 7) is 6.31. The highest BCUT2D eigenvalue weighted by atomic mass is 16.3. The molecule has 1 amide bonds. The summed E-state index contributed by atoms with van der Waals surface area (Å²) in [5.74, 6) is 0.879. The van der Waals surface area contributed by atoms with Gasteiger partial charge in [0.25, 0.3) is 5.91 Å². The van der Waals surface area contributed by atoms with Crippen LogP contribution in [0.3, 0.4) is 0 Å². The minimum Gasteiger partial charge on any atom is -0.390 e. The Morgan fingerprint density at radius 1 is 1.10 bits per heavy atom. The van der Waals surface area contributed by atoms with Crippen molar-refractivity contribution in [3.05, 3.63) is 48.0 Å². The van der Waals surface area contributed by atoms with Gasteiger partial charge in [0, 0.05) is 31.7 Å². The number of anilines is 1. The molecule has 29 heavy (non-hydrogen) atoms. The van der Waals surface area contributed by atoms with Crippen molar-refractivity contribution in [2.24, 2.45) is 0 Å². The Labute approximate surface area is 169 Å². The summed E-state index contributed by atoms with van der Waals surface area (Å²) >= 11 is 0. The van der Waals surface area contributed by atoms with Crippen LogP contribution in [0.25, 0.3) is 11.2 Å². The van der Waals surface area contributed by atoms with Gasteiger partial charge in [0.2, 0.25) is 0 Å². The number of aryl methyl sites for hydroxylation is 1. The minimum absolute atomic E-state index is 0.0491. The first-order chi connectivity index (χ1) is 13.9. The molecule has 0 saturated carbocycles. The van der Waals surface area contributed by atoms with Gasteiger partial charge in [0.1, 0.15) is 11.8 Å². The van der Waals surface area contributed by atoms with E-state index in [4.69, 9.17) is 0 Å². The average molecular weight is 394 g/mol. The molecule has 4 rings (SSSR count). The van der Waals surface area contributed by atoms with E-state index >= 15 is 0 Å². The van der Waals surface area contributed by atoms with Crippen molar-refractivity contribution in [1.82, 2.24) is 24.8 Å². The van der Waals surface area contributed by atoms with Crippen LogP contribution in [0.4, 0.5) is 5.82 Å². The van der Waals surface area contributed by atoms with Crippen LogP contribution in [0, 0.1) is 0 Å². The standard InChI is InChI=1S/C21H26N6O2/c1-21(2,29)8-7-15-3-5-16(6-4-15)20(28)27-11-9-26(10-12-27)19-17-18(23-13-22-17)24-14-25-19/h3-6,13-14,29H,7-12H2,1-2H3,(H,22,23,24,25). The lowest BCUT2D eigenvalue weighted by Gasteiger charge is -2.35. The molecule has 2 aromatic heterocycles. The minimum atomic E-state index is -0.681. The van der Waals surface area contributed by atoms with Crippen LogP contribution in [-0.4, -0.2) is 67.6 Å². The van der Waals surface area contributed by atoms with Crippen molar-refractivity contribution >= 4 is 22.9 Å². The van der Waals surface area contributed by atoms with Gasteiger partial charge in [-0.15, -0.1) is 0 Å². The van der Waals surface area contributed by atoms with Gasteiger partial charge in [-0.05, 0) is 44.4 Å². The van der Waals surface area contributed by atoms with Crippen LogP contribution in [0.5, 0.6) is 0 Å². The molecule has 1 fully saturated rings. The second-order valence-electron chi connectivity index (χ2n) is 8.09. The molecular weight excluding hydrogens is 368 g/mol. The number of aromatic nitrogens is 4. The molecular formula is C21H26N6O2. The molecule has 3 aromatic rings. The number of hydrogen-bond acceptors (Lipinski definition) is 6. The third kappa shape index (κ3) is 4.37. The summed E-state index contributed by atoms with van der Waals surface area (Å²) in [5, 5.41) is 9.86. The third-order valence-corrected chi connectivity index (χ3v) is 5.30. The molecule has 1 aromatic carbocycles. The molecule has 0 atom stereocenters. The monoisotopic (exact) mass is 394 g/mol. The molecule has 0 bridgehead atoms. The van der Waals surface area contributed by atoms with E-state index in [0.717, 1.165) is 23.3 Å². The number of nitrogens with one attached hydrogen (secondary N) is 1. The number of piperazine rings is 1. The fourth-order valence-corrected chi connectivity index (χ4v) is 3.56. The molecule has 8 nitrogen and oxygen atoms in total. The molecule has 8 heteroatoms. The zero-order chi connectivity index (χ0) is 20.4. The van der Waals surface area contributed by atoms with Crippen molar-refractivity contribution in [2.45, 2.75) is 32.3 Å². The molecule has 1 aliphatic rings. The van der Waals surface area contributed by atoms with Crippen molar-refractivity contribution in [3.63, 3.8) is 0 Å². The van der Waals surface area contributed by atoms with Gasteiger partial charge in [-0.1, -0.05) is 12.1 Å². The SMILES string of the molecule is CC(C)(O)CCc1ccc(C(=O)N2CCN(c3ncnc4nc[nH]c34)CC2)cc1. The van der Waals surface area contributed by atoms with Crippen molar-refractivity contribution in [2.75, 3.05) is 31.1 Å². The number of fused-ring (bicyclic) bond motifs is 1. The van der Waals surface area contributed by atoms with Crippen LogP contribution >= 0.6 is 0 Å². The Hall–Kier alpha value is -3.00. The zero-order valence-electron chi connectivity index (χ0n) is 16.8. The van der Waals surface area contributed by atoms with Gasteiger partial charge in [-0.25, -0.2) is 15.0 Å². The van der Waals surface area contributed by atoms with E-state index < -0.39 is 5.60 Å². The number of amides is 1. The number of imidazole rings is 1. The number of nitrogens with zero attached hydrogens (tertiary/aromatic N) is 5. The molecule has 0 spiro atoms. The Balaban J connectivity index is 1.37. The third-order valence-electron chi connectivity index (χ3n) is 5.30. The molecule has 1 saturated heterocycles. The summed E-state index contributed by atoms with van der Waals surface area (Å²) in [6.07, 6.45) is 4.62.